The van der Waals surface area contributed by atoms with Crippen LogP contribution in [0, 0.1) is 0 Å². The number of hydrogen-bond donors (Lipinski definition) is 1. The van der Waals surface area contributed by atoms with Crippen LogP contribution in [0.25, 0.3) is 11.0 Å². The second-order valence-corrected chi connectivity index (χ2v) is 7.07. The van der Waals surface area contributed by atoms with Gasteiger partial charge in [-0.2, -0.15) is 0 Å². The Morgan fingerprint density at radius 2 is 1.89 bits per heavy atom. The lowest BCUT2D eigenvalue weighted by atomic mass is 10.3. The summed E-state index contributed by atoms with van der Waals surface area (Å²) in [6.45, 7) is 0.708. The lowest BCUT2D eigenvalue weighted by Gasteiger charge is -2.09. The van der Waals surface area contributed by atoms with Crippen LogP contribution in [-0.2, 0) is 11.3 Å². The second kappa shape index (κ2) is 8.67. The molecule has 0 atom stereocenters. The lowest BCUT2D eigenvalue weighted by molar-refractivity contribution is -0.116. The molecular formula is C21H19N3O3S. The van der Waals surface area contributed by atoms with Gasteiger partial charge < -0.3 is 13.7 Å². The van der Waals surface area contributed by atoms with Gasteiger partial charge in [-0.05, 0) is 30.3 Å². The highest BCUT2D eigenvalue weighted by Crippen LogP contribution is 2.24. The molecule has 7 heteroatoms. The Morgan fingerprint density at radius 3 is 2.71 bits per heavy atom. The van der Waals surface area contributed by atoms with E-state index >= 15 is 0 Å². The van der Waals surface area contributed by atoms with Crippen LogP contribution in [0.2, 0.25) is 0 Å². The number of benzene rings is 2. The number of aromatic nitrogens is 2. The van der Waals surface area contributed by atoms with Gasteiger partial charge >= 0.3 is 0 Å². The summed E-state index contributed by atoms with van der Waals surface area (Å²) >= 11 is 1.57. The molecule has 2 aromatic carbocycles. The van der Waals surface area contributed by atoms with Crippen LogP contribution in [-0.4, -0.2) is 27.8 Å². The summed E-state index contributed by atoms with van der Waals surface area (Å²) in [6, 6.07) is 20.9. The van der Waals surface area contributed by atoms with Crippen molar-refractivity contribution in [3.05, 3.63) is 73.0 Å². The third-order valence-corrected chi connectivity index (χ3v) is 4.97. The molecule has 0 saturated heterocycles. The Morgan fingerprint density at radius 1 is 1.07 bits per heavy atom. The summed E-state index contributed by atoms with van der Waals surface area (Å²) in [5.41, 5.74) is 1.78. The minimum atomic E-state index is -0.166. The molecule has 28 heavy (non-hydrogen) atoms. The van der Waals surface area contributed by atoms with Crippen molar-refractivity contribution >= 4 is 34.6 Å². The molecule has 0 spiro atoms. The number of furan rings is 1. The number of amides is 1. The summed E-state index contributed by atoms with van der Waals surface area (Å²) in [5.74, 6) is 1.83. The largest absolute Gasteiger partial charge is 0.493 e. The lowest BCUT2D eigenvalue weighted by Crippen LogP contribution is -2.19. The minimum absolute atomic E-state index is 0.156. The van der Waals surface area contributed by atoms with Crippen molar-refractivity contribution in [2.24, 2.45) is 0 Å². The van der Waals surface area contributed by atoms with Crippen molar-refractivity contribution < 1.29 is 13.9 Å². The summed E-state index contributed by atoms with van der Waals surface area (Å²) in [4.78, 5) is 17.1. The molecular weight excluding hydrogens is 374 g/mol. The monoisotopic (exact) mass is 393 g/mol. The number of nitrogens with one attached hydrogen (secondary N) is 1. The normalized spacial score (nSPS) is 10.9. The standard InChI is InChI=1S/C21H19N3O3S/c25-19(23-20-11-6-12-27-20)15-24-18-10-5-4-9-17(18)22-21(24)28-14-13-26-16-7-2-1-3-8-16/h1-12H,13-15H2,(H,23,25). The molecule has 0 aliphatic carbocycles. The van der Waals surface area contributed by atoms with E-state index in [-0.39, 0.29) is 12.5 Å². The molecule has 1 N–H and O–H groups in total. The molecule has 0 radical (unpaired) electrons. The Balaban J connectivity index is 1.44. The van der Waals surface area contributed by atoms with Crippen molar-refractivity contribution in [3.63, 3.8) is 0 Å². The van der Waals surface area contributed by atoms with Crippen LogP contribution in [0.5, 0.6) is 5.75 Å². The summed E-state index contributed by atoms with van der Waals surface area (Å²) in [6.07, 6.45) is 1.52. The average Bonchev–Trinajstić information content (AvgIpc) is 3.34. The van der Waals surface area contributed by atoms with Crippen LogP contribution in [0.15, 0.2) is 82.6 Å². The fourth-order valence-corrected chi connectivity index (χ4v) is 3.63. The van der Waals surface area contributed by atoms with Gasteiger partial charge in [0, 0.05) is 11.8 Å². The Hall–Kier alpha value is -3.19. The highest BCUT2D eigenvalue weighted by atomic mass is 32.2. The number of ether oxygens (including phenoxy) is 1. The van der Waals surface area contributed by atoms with Crippen LogP contribution >= 0.6 is 11.8 Å². The van der Waals surface area contributed by atoms with E-state index in [1.807, 2.05) is 59.2 Å². The number of rotatable bonds is 8. The topological polar surface area (TPSA) is 69.3 Å². The van der Waals surface area contributed by atoms with E-state index in [0.717, 1.165) is 27.7 Å². The molecule has 6 nitrogen and oxygen atoms in total. The summed E-state index contributed by atoms with van der Waals surface area (Å²) < 4.78 is 12.8. The Kier molecular flexibility index (Phi) is 5.63. The van der Waals surface area contributed by atoms with E-state index < -0.39 is 0 Å². The zero-order valence-corrected chi connectivity index (χ0v) is 15.9. The zero-order chi connectivity index (χ0) is 19.2. The summed E-state index contributed by atoms with van der Waals surface area (Å²) in [7, 11) is 0. The number of imidazole rings is 1. The number of carbonyl (C=O) groups excluding carboxylic acids is 1. The fraction of sp³-hybridized carbons (Fsp3) is 0.143. The number of fused-ring (bicyclic) bond motifs is 1. The number of thioether (sulfide) groups is 1. The van der Waals surface area contributed by atoms with Gasteiger partial charge in [0.15, 0.2) is 11.0 Å². The quantitative estimate of drug-likeness (QED) is 0.354. The van der Waals surface area contributed by atoms with E-state index in [1.54, 1.807) is 23.9 Å². The van der Waals surface area contributed by atoms with Crippen LogP contribution in [0.1, 0.15) is 0 Å². The van der Waals surface area contributed by atoms with E-state index in [0.29, 0.717) is 12.5 Å². The maximum absolute atomic E-state index is 12.4. The maximum atomic E-state index is 12.4. The van der Waals surface area contributed by atoms with E-state index in [1.165, 1.54) is 6.26 Å². The van der Waals surface area contributed by atoms with E-state index in [9.17, 15) is 4.79 Å². The molecule has 4 aromatic rings. The van der Waals surface area contributed by atoms with Gasteiger partial charge in [0.25, 0.3) is 0 Å². The third kappa shape index (κ3) is 4.37. The molecule has 0 fully saturated rings. The SMILES string of the molecule is O=C(Cn1c(SCCOc2ccccc2)nc2ccccc21)Nc1ccco1. The maximum Gasteiger partial charge on any atom is 0.246 e. The molecule has 0 aliphatic rings. The molecule has 0 aliphatic heterocycles. The van der Waals surface area contributed by atoms with Crippen molar-refractivity contribution in [2.75, 3.05) is 17.7 Å². The van der Waals surface area contributed by atoms with Gasteiger partial charge in [0.2, 0.25) is 5.91 Å². The van der Waals surface area contributed by atoms with Crippen LogP contribution in [0.4, 0.5) is 5.88 Å². The van der Waals surface area contributed by atoms with Crippen molar-refractivity contribution in [3.8, 4) is 5.75 Å². The molecule has 0 saturated carbocycles. The van der Waals surface area contributed by atoms with Gasteiger partial charge in [-0.3, -0.25) is 10.1 Å². The van der Waals surface area contributed by atoms with Gasteiger partial charge in [-0.15, -0.1) is 0 Å². The molecule has 0 unspecified atom stereocenters. The molecule has 142 valence electrons. The smallest absolute Gasteiger partial charge is 0.246 e. The first kappa shape index (κ1) is 18.2. The number of nitrogens with zero attached hydrogens (tertiary/aromatic N) is 2. The van der Waals surface area contributed by atoms with Gasteiger partial charge in [-0.1, -0.05) is 42.1 Å². The predicted molar refractivity (Wildman–Crippen MR) is 110 cm³/mol. The number of hydrogen-bond acceptors (Lipinski definition) is 5. The van der Waals surface area contributed by atoms with Crippen molar-refractivity contribution in [2.45, 2.75) is 11.7 Å². The van der Waals surface area contributed by atoms with Crippen LogP contribution in [0.3, 0.4) is 0 Å². The number of para-hydroxylation sites is 3. The van der Waals surface area contributed by atoms with Crippen molar-refractivity contribution in [1.82, 2.24) is 9.55 Å². The zero-order valence-electron chi connectivity index (χ0n) is 15.1. The molecule has 0 bridgehead atoms. The highest BCUT2D eigenvalue weighted by Gasteiger charge is 2.14. The van der Waals surface area contributed by atoms with E-state index in [2.05, 4.69) is 10.3 Å². The minimum Gasteiger partial charge on any atom is -0.493 e. The first-order chi connectivity index (χ1) is 13.8. The second-order valence-electron chi connectivity index (χ2n) is 6.00. The predicted octanol–water partition coefficient (Wildman–Crippen LogP) is 4.44. The first-order valence-electron chi connectivity index (χ1n) is 8.89. The molecule has 2 heterocycles. The molecule has 4 rings (SSSR count). The Labute approximate surface area is 166 Å². The number of anilines is 1. The van der Waals surface area contributed by atoms with E-state index in [4.69, 9.17) is 9.15 Å². The Bertz CT molecular complexity index is 1050. The number of carbonyl (C=O) groups is 1. The summed E-state index contributed by atoms with van der Waals surface area (Å²) in [5, 5.41) is 3.54. The average molecular weight is 393 g/mol. The van der Waals surface area contributed by atoms with Gasteiger partial charge in [0.05, 0.1) is 23.9 Å². The molecule has 1 amide bonds. The third-order valence-electron chi connectivity index (χ3n) is 4.03. The van der Waals surface area contributed by atoms with Crippen LogP contribution < -0.4 is 10.1 Å². The first-order valence-corrected chi connectivity index (χ1v) is 9.87. The van der Waals surface area contributed by atoms with Crippen molar-refractivity contribution in [1.29, 1.82) is 0 Å². The molecule has 2 aromatic heterocycles. The van der Waals surface area contributed by atoms with Gasteiger partial charge in [-0.25, -0.2) is 4.98 Å². The van der Waals surface area contributed by atoms with Gasteiger partial charge in [0.1, 0.15) is 12.3 Å². The highest BCUT2D eigenvalue weighted by molar-refractivity contribution is 7.99. The fourth-order valence-electron chi connectivity index (χ4n) is 2.80.